The van der Waals surface area contributed by atoms with Crippen molar-refractivity contribution in [2.45, 2.75) is 161 Å². The molecule has 348 valence electrons. The fourth-order valence-corrected chi connectivity index (χ4v) is 6.27. The van der Waals surface area contributed by atoms with Gasteiger partial charge in [-0.05, 0) is 96.3 Å². The number of esters is 2. The quantitative estimate of drug-likeness (QED) is 0.0203. The molecule has 2 unspecified atom stereocenters. The van der Waals surface area contributed by atoms with Gasteiger partial charge in [0.2, 0.25) is 0 Å². The summed E-state index contributed by atoms with van der Waals surface area (Å²) < 4.78 is 34.2. The van der Waals surface area contributed by atoms with E-state index in [2.05, 4.69) is 98.9 Å². The Balaban J connectivity index is 4.53. The van der Waals surface area contributed by atoms with Crippen LogP contribution in [0.2, 0.25) is 0 Å². The number of nitrogens with zero attached hydrogens (tertiary/aromatic N) is 1. The molecule has 0 aliphatic heterocycles. The maximum absolute atomic E-state index is 12.7. The van der Waals surface area contributed by atoms with E-state index in [0.29, 0.717) is 36.7 Å². The number of aliphatic hydroxyl groups excluding tert-OH is 1. The highest BCUT2D eigenvalue weighted by Gasteiger charge is 2.27. The summed E-state index contributed by atoms with van der Waals surface area (Å²) >= 11 is 0. The third-order valence-electron chi connectivity index (χ3n) is 9.14. The van der Waals surface area contributed by atoms with Gasteiger partial charge in [-0.1, -0.05) is 137 Å². The van der Waals surface area contributed by atoms with Gasteiger partial charge in [0, 0.05) is 12.8 Å². The molecule has 0 amide bonds. The summed E-state index contributed by atoms with van der Waals surface area (Å²) in [6.45, 7) is 4.05. The number of quaternary nitrogens is 1. The lowest BCUT2D eigenvalue weighted by Crippen LogP contribution is -2.37. The van der Waals surface area contributed by atoms with Crippen molar-refractivity contribution in [3.8, 4) is 0 Å². The zero-order chi connectivity index (χ0) is 45.1. The average molecular weight is 875 g/mol. The predicted octanol–water partition coefficient (Wildman–Crippen LogP) is 12.3. The number of allylic oxidation sites excluding steroid dienone is 15. The van der Waals surface area contributed by atoms with Crippen LogP contribution in [0.3, 0.4) is 0 Å². The van der Waals surface area contributed by atoms with Crippen LogP contribution < -0.4 is 0 Å². The minimum Gasteiger partial charge on any atom is -0.462 e. The van der Waals surface area contributed by atoms with Crippen LogP contribution in [-0.4, -0.2) is 86.1 Å². The van der Waals surface area contributed by atoms with Crippen LogP contribution >= 0.6 is 7.82 Å². The number of rotatable bonds is 40. The smallest absolute Gasteiger partial charge is 0.462 e. The summed E-state index contributed by atoms with van der Waals surface area (Å²) in [6, 6.07) is 0. The number of aliphatic hydroxyl groups is 1. The molecular formula is C50H85NO9P+. The first-order valence-corrected chi connectivity index (χ1v) is 24.5. The molecule has 2 N–H and O–H groups in total. The van der Waals surface area contributed by atoms with Crippen LogP contribution in [0, 0.1) is 0 Å². The second-order valence-electron chi connectivity index (χ2n) is 16.3. The van der Waals surface area contributed by atoms with Gasteiger partial charge in [0.05, 0.1) is 33.9 Å². The van der Waals surface area contributed by atoms with Crippen LogP contribution in [0.5, 0.6) is 0 Å². The van der Waals surface area contributed by atoms with Crippen molar-refractivity contribution in [3.63, 3.8) is 0 Å². The molecule has 0 bridgehead atoms. The molecule has 10 nitrogen and oxygen atoms in total. The molecule has 0 aromatic rings. The van der Waals surface area contributed by atoms with Gasteiger partial charge in [-0.15, -0.1) is 0 Å². The van der Waals surface area contributed by atoms with E-state index in [1.165, 1.54) is 25.7 Å². The zero-order valence-corrected chi connectivity index (χ0v) is 39.6. The summed E-state index contributed by atoms with van der Waals surface area (Å²) in [5.74, 6) is -0.931. The average Bonchev–Trinajstić information content (AvgIpc) is 3.20. The number of unbranched alkanes of at least 4 members (excludes halogenated alkanes) is 7. The number of hydrogen-bond donors (Lipinski definition) is 2. The van der Waals surface area contributed by atoms with E-state index in [1.54, 1.807) is 0 Å². The number of phosphoric ester groups is 1. The molecular weight excluding hydrogens is 790 g/mol. The topological polar surface area (TPSA) is 129 Å². The third-order valence-corrected chi connectivity index (χ3v) is 10.1. The number of carbonyl (C=O) groups excluding carboxylic acids is 2. The summed E-state index contributed by atoms with van der Waals surface area (Å²) in [5.41, 5.74) is 0. The predicted molar refractivity (Wildman–Crippen MR) is 253 cm³/mol. The first kappa shape index (κ1) is 57.9. The van der Waals surface area contributed by atoms with Crippen molar-refractivity contribution in [2.75, 3.05) is 47.5 Å². The Morgan fingerprint density at radius 2 is 1.05 bits per heavy atom. The standard InChI is InChI=1S/C50H84NO9P/c1-6-8-9-10-11-12-13-14-15-16-17-18-19-22-25-28-31-34-37-41-49(53)57-45-48(46-59-61(55,56)58-44-43-51(3,4)5)60-50(54)42-38-35-32-29-26-23-20-21-24-27-30-33-36-40-47(52)39-7-2/h11-12,14-15,17-18,20,22-25,27,29,32-33,36,47-48,52H,6-10,13,16,19,21,26,28,30-31,34-35,37-46H2,1-5H3/p+1/b12-11-,15-14-,18-17-,23-20-,25-22-,27-24-,32-29-,36-33-/t47?,48-/m1/s1. The highest BCUT2D eigenvalue weighted by atomic mass is 31.2. The molecule has 0 aromatic carbocycles. The molecule has 0 heterocycles. The van der Waals surface area contributed by atoms with E-state index in [9.17, 15) is 24.2 Å². The number of carbonyl (C=O) groups is 2. The zero-order valence-electron chi connectivity index (χ0n) is 38.7. The Labute approximate surface area is 371 Å². The van der Waals surface area contributed by atoms with Gasteiger partial charge < -0.3 is 24.0 Å². The van der Waals surface area contributed by atoms with Crippen molar-refractivity contribution in [3.05, 3.63) is 97.2 Å². The molecule has 0 saturated heterocycles. The third kappa shape index (κ3) is 44.7. The normalized spacial score (nSPS) is 14.9. The number of phosphoric acid groups is 1. The first-order valence-electron chi connectivity index (χ1n) is 23.0. The Morgan fingerprint density at radius 3 is 1.56 bits per heavy atom. The van der Waals surface area contributed by atoms with Crippen LogP contribution in [0.15, 0.2) is 97.2 Å². The van der Waals surface area contributed by atoms with Gasteiger partial charge in [-0.25, -0.2) is 4.57 Å². The molecule has 0 fully saturated rings. The molecule has 0 aliphatic rings. The fourth-order valence-electron chi connectivity index (χ4n) is 5.53. The van der Waals surface area contributed by atoms with Gasteiger partial charge in [0.15, 0.2) is 6.10 Å². The van der Waals surface area contributed by atoms with Crippen LogP contribution in [0.25, 0.3) is 0 Å². The molecule has 61 heavy (non-hydrogen) atoms. The van der Waals surface area contributed by atoms with Gasteiger partial charge >= 0.3 is 19.8 Å². The number of ether oxygens (including phenoxy) is 2. The molecule has 0 spiro atoms. The monoisotopic (exact) mass is 875 g/mol. The van der Waals surface area contributed by atoms with E-state index < -0.39 is 32.5 Å². The van der Waals surface area contributed by atoms with Crippen molar-refractivity contribution < 1.29 is 47.2 Å². The van der Waals surface area contributed by atoms with Crippen LogP contribution in [-0.2, 0) is 32.7 Å². The van der Waals surface area contributed by atoms with Crippen molar-refractivity contribution in [1.82, 2.24) is 0 Å². The molecule has 11 heteroatoms. The van der Waals surface area contributed by atoms with Crippen LogP contribution in [0.1, 0.15) is 149 Å². The van der Waals surface area contributed by atoms with Gasteiger partial charge in [-0.2, -0.15) is 0 Å². The lowest BCUT2D eigenvalue weighted by molar-refractivity contribution is -0.870. The van der Waals surface area contributed by atoms with Gasteiger partial charge in [-0.3, -0.25) is 18.6 Å². The molecule has 0 radical (unpaired) electrons. The number of likely N-dealkylation sites (N-methyl/N-ethyl adjacent to an activating group) is 1. The highest BCUT2D eigenvalue weighted by molar-refractivity contribution is 7.47. The maximum Gasteiger partial charge on any atom is 0.472 e. The Morgan fingerprint density at radius 1 is 0.574 bits per heavy atom. The lowest BCUT2D eigenvalue weighted by Gasteiger charge is -2.24. The molecule has 0 rings (SSSR count). The van der Waals surface area contributed by atoms with Crippen molar-refractivity contribution in [2.24, 2.45) is 0 Å². The Kier molecular flexibility index (Phi) is 38.8. The molecule has 0 saturated carbocycles. The maximum atomic E-state index is 12.7. The van der Waals surface area contributed by atoms with Crippen LogP contribution in [0.4, 0.5) is 0 Å². The second kappa shape index (κ2) is 40.9. The first-order chi connectivity index (χ1) is 29.4. The lowest BCUT2D eigenvalue weighted by atomic mass is 10.1. The molecule has 3 atom stereocenters. The molecule has 0 aromatic heterocycles. The van der Waals surface area contributed by atoms with Crippen molar-refractivity contribution >= 4 is 19.8 Å². The largest absolute Gasteiger partial charge is 0.472 e. The van der Waals surface area contributed by atoms with Gasteiger partial charge in [0.1, 0.15) is 19.8 Å². The van der Waals surface area contributed by atoms with E-state index in [0.717, 1.165) is 70.6 Å². The van der Waals surface area contributed by atoms with Gasteiger partial charge in [0.25, 0.3) is 0 Å². The van der Waals surface area contributed by atoms with E-state index >= 15 is 0 Å². The second-order valence-corrected chi connectivity index (χ2v) is 17.7. The van der Waals surface area contributed by atoms with E-state index in [-0.39, 0.29) is 32.2 Å². The van der Waals surface area contributed by atoms with Crippen molar-refractivity contribution in [1.29, 1.82) is 0 Å². The number of hydrogen-bond acceptors (Lipinski definition) is 8. The Bertz CT molecular complexity index is 1370. The van der Waals surface area contributed by atoms with E-state index in [1.807, 2.05) is 33.3 Å². The minimum atomic E-state index is -4.42. The SMILES string of the molecule is CCCCC/C=C\C/C=C\C/C=C\C/C=C\CCCCCC(=O)OC[C@H](COP(=O)(O)OCC[N+](C)(C)C)OC(=O)CCC/C=C\C/C=C\C/C=C\C/C=C\CC(O)CCC. The van der Waals surface area contributed by atoms with E-state index in [4.69, 9.17) is 18.5 Å². The summed E-state index contributed by atoms with van der Waals surface area (Å²) in [5, 5.41) is 9.74. The summed E-state index contributed by atoms with van der Waals surface area (Å²) in [6.07, 6.45) is 51.0. The fraction of sp³-hybridized carbons (Fsp3) is 0.640. The summed E-state index contributed by atoms with van der Waals surface area (Å²) in [4.78, 5) is 35.4. The minimum absolute atomic E-state index is 0.00362. The summed E-state index contributed by atoms with van der Waals surface area (Å²) in [7, 11) is 1.38. The highest BCUT2D eigenvalue weighted by Crippen LogP contribution is 2.43. The Hall–Kier alpha value is -3.11. The molecule has 0 aliphatic carbocycles.